The number of amides is 1. The van der Waals surface area contributed by atoms with E-state index in [1.54, 1.807) is 4.68 Å². The van der Waals surface area contributed by atoms with Gasteiger partial charge in [0.25, 0.3) is 0 Å². The van der Waals surface area contributed by atoms with Crippen LogP contribution in [0.25, 0.3) is 0 Å². The normalized spacial score (nSPS) is 20.9. The second-order valence-corrected chi connectivity index (χ2v) is 7.04. The largest absolute Gasteiger partial charge is 0.338 e. The molecule has 0 unspecified atom stereocenters. The summed E-state index contributed by atoms with van der Waals surface area (Å²) in [7, 11) is 3.75. The highest BCUT2D eigenvalue weighted by Crippen LogP contribution is 2.36. The molecular weight excluding hydrogens is 310 g/mol. The average molecular weight is 329 g/mol. The van der Waals surface area contributed by atoms with E-state index < -0.39 is 0 Å². The van der Waals surface area contributed by atoms with Crippen LogP contribution in [0.5, 0.6) is 0 Å². The molecule has 3 heterocycles. The molecule has 23 heavy (non-hydrogen) atoms. The Balaban J connectivity index is 1.63. The van der Waals surface area contributed by atoms with Gasteiger partial charge in [-0.25, -0.2) is 0 Å². The van der Waals surface area contributed by atoms with Crippen molar-refractivity contribution >= 4 is 17.2 Å². The molecule has 1 aliphatic heterocycles. The third-order valence-electron chi connectivity index (χ3n) is 4.24. The van der Waals surface area contributed by atoms with Gasteiger partial charge in [0.1, 0.15) is 10.9 Å². The molecule has 1 fully saturated rings. The van der Waals surface area contributed by atoms with Crippen LogP contribution < -0.4 is 5.32 Å². The first kappa shape index (κ1) is 15.7. The Hall–Kier alpha value is -2.17. The fourth-order valence-electron chi connectivity index (χ4n) is 3.14. The highest BCUT2D eigenvalue weighted by Gasteiger charge is 2.38. The van der Waals surface area contributed by atoms with Gasteiger partial charge in [0.15, 0.2) is 0 Å². The first-order valence-electron chi connectivity index (χ1n) is 7.52. The molecule has 6 nitrogen and oxygen atoms in total. The molecule has 1 amide bonds. The Bertz CT molecular complexity index is 744. The summed E-state index contributed by atoms with van der Waals surface area (Å²) in [6.07, 6.45) is 4.37. The summed E-state index contributed by atoms with van der Waals surface area (Å²) >= 11 is 1.50. The Kier molecular flexibility index (Phi) is 4.46. The molecule has 2 atom stereocenters. The van der Waals surface area contributed by atoms with E-state index in [9.17, 15) is 4.79 Å². The van der Waals surface area contributed by atoms with Gasteiger partial charge >= 0.3 is 0 Å². The number of nitriles is 1. The fraction of sp³-hybridized carbons (Fsp3) is 0.438. The lowest BCUT2D eigenvalue weighted by Gasteiger charge is -2.24. The number of nitrogens with one attached hydrogen (secondary N) is 1. The minimum Gasteiger partial charge on any atom is -0.338 e. The predicted molar refractivity (Wildman–Crippen MR) is 87.6 cm³/mol. The maximum absolute atomic E-state index is 12.1. The molecule has 0 aliphatic carbocycles. The molecule has 120 valence electrons. The number of hydrogen-bond acceptors (Lipinski definition) is 5. The summed E-state index contributed by atoms with van der Waals surface area (Å²) < 4.78 is 1.77. The van der Waals surface area contributed by atoms with E-state index >= 15 is 0 Å². The monoisotopic (exact) mass is 329 g/mol. The smallest absolute Gasteiger partial charge is 0.223 e. The number of carbonyl (C=O) groups excluding carboxylic acids is 1. The van der Waals surface area contributed by atoms with Crippen molar-refractivity contribution in [2.75, 3.05) is 13.6 Å². The Labute approximate surface area is 139 Å². The summed E-state index contributed by atoms with van der Waals surface area (Å²) in [5, 5.41) is 16.5. The van der Waals surface area contributed by atoms with Gasteiger partial charge in [0.2, 0.25) is 5.91 Å². The summed E-state index contributed by atoms with van der Waals surface area (Å²) in [6, 6.07) is 6.04. The SMILES string of the molecule is CN1C(=O)C[C@@H](CNCc2ccc(C#N)s2)[C@@H]1c1cnn(C)c1. The molecule has 2 aromatic heterocycles. The Morgan fingerprint density at radius 1 is 1.48 bits per heavy atom. The molecule has 0 bridgehead atoms. The van der Waals surface area contributed by atoms with Gasteiger partial charge in [0, 0.05) is 56.2 Å². The topological polar surface area (TPSA) is 74.0 Å². The number of carbonyl (C=O) groups is 1. The van der Waals surface area contributed by atoms with Crippen molar-refractivity contribution in [1.29, 1.82) is 5.26 Å². The van der Waals surface area contributed by atoms with Crippen molar-refractivity contribution in [3.8, 4) is 6.07 Å². The van der Waals surface area contributed by atoms with Crippen LogP contribution in [0.1, 0.15) is 27.8 Å². The third kappa shape index (κ3) is 3.28. The van der Waals surface area contributed by atoms with Crippen LogP contribution >= 0.6 is 11.3 Å². The molecule has 0 radical (unpaired) electrons. The number of aromatic nitrogens is 2. The van der Waals surface area contributed by atoms with Gasteiger partial charge in [-0.2, -0.15) is 10.4 Å². The Morgan fingerprint density at radius 3 is 2.96 bits per heavy atom. The number of hydrogen-bond donors (Lipinski definition) is 1. The Morgan fingerprint density at radius 2 is 2.30 bits per heavy atom. The van der Waals surface area contributed by atoms with E-state index in [1.165, 1.54) is 11.3 Å². The van der Waals surface area contributed by atoms with E-state index in [-0.39, 0.29) is 17.9 Å². The van der Waals surface area contributed by atoms with Crippen LogP contribution in [0, 0.1) is 17.2 Å². The van der Waals surface area contributed by atoms with Crippen LogP contribution in [-0.2, 0) is 18.4 Å². The van der Waals surface area contributed by atoms with Crippen molar-refractivity contribution in [3.63, 3.8) is 0 Å². The molecule has 2 aromatic rings. The van der Waals surface area contributed by atoms with E-state index in [1.807, 2.05) is 43.5 Å². The fourth-order valence-corrected chi connectivity index (χ4v) is 3.91. The quantitative estimate of drug-likeness (QED) is 0.905. The second kappa shape index (κ2) is 6.52. The van der Waals surface area contributed by atoms with Crippen LogP contribution in [0.4, 0.5) is 0 Å². The van der Waals surface area contributed by atoms with E-state index in [4.69, 9.17) is 5.26 Å². The number of thiophene rings is 1. The summed E-state index contributed by atoms with van der Waals surface area (Å²) in [6.45, 7) is 1.48. The molecule has 0 spiro atoms. The van der Waals surface area contributed by atoms with Gasteiger partial charge in [-0.3, -0.25) is 9.48 Å². The van der Waals surface area contributed by atoms with Crippen molar-refractivity contribution in [3.05, 3.63) is 39.8 Å². The first-order valence-corrected chi connectivity index (χ1v) is 8.34. The van der Waals surface area contributed by atoms with Crippen LogP contribution in [0.3, 0.4) is 0 Å². The van der Waals surface area contributed by atoms with E-state index in [0.29, 0.717) is 6.42 Å². The minimum absolute atomic E-state index is 0.0710. The molecule has 3 rings (SSSR count). The second-order valence-electron chi connectivity index (χ2n) is 5.87. The lowest BCUT2D eigenvalue weighted by molar-refractivity contribution is -0.127. The molecule has 1 saturated heterocycles. The number of likely N-dealkylation sites (tertiary alicyclic amines) is 1. The van der Waals surface area contributed by atoms with Gasteiger partial charge in [0.05, 0.1) is 12.2 Å². The van der Waals surface area contributed by atoms with Gasteiger partial charge in [-0.05, 0) is 12.1 Å². The van der Waals surface area contributed by atoms with Crippen LogP contribution in [0.15, 0.2) is 24.5 Å². The van der Waals surface area contributed by atoms with Crippen molar-refractivity contribution in [2.45, 2.75) is 19.0 Å². The number of nitrogens with zero attached hydrogens (tertiary/aromatic N) is 4. The molecule has 0 aromatic carbocycles. The zero-order valence-electron chi connectivity index (χ0n) is 13.2. The van der Waals surface area contributed by atoms with Crippen molar-refractivity contribution in [1.82, 2.24) is 20.0 Å². The predicted octanol–water partition coefficient (Wildman–Crippen LogP) is 1.66. The minimum atomic E-state index is 0.0710. The average Bonchev–Trinajstić information content (AvgIpc) is 3.21. The number of aryl methyl sites for hydroxylation is 1. The number of rotatable bonds is 5. The highest BCUT2D eigenvalue weighted by atomic mass is 32.1. The molecule has 0 saturated carbocycles. The maximum atomic E-state index is 12.1. The highest BCUT2D eigenvalue weighted by molar-refractivity contribution is 7.12. The first-order chi connectivity index (χ1) is 11.1. The lowest BCUT2D eigenvalue weighted by atomic mass is 9.96. The van der Waals surface area contributed by atoms with E-state index in [0.717, 1.165) is 28.4 Å². The van der Waals surface area contributed by atoms with Crippen molar-refractivity contribution in [2.24, 2.45) is 13.0 Å². The zero-order chi connectivity index (χ0) is 16.4. The molecule has 1 N–H and O–H groups in total. The van der Waals surface area contributed by atoms with Crippen LogP contribution in [-0.4, -0.2) is 34.2 Å². The molecule has 1 aliphatic rings. The zero-order valence-corrected chi connectivity index (χ0v) is 14.0. The summed E-state index contributed by atoms with van der Waals surface area (Å²) in [4.78, 5) is 15.8. The van der Waals surface area contributed by atoms with Gasteiger partial charge < -0.3 is 10.2 Å². The molecule has 7 heteroatoms. The summed E-state index contributed by atoms with van der Waals surface area (Å²) in [5.74, 6) is 0.403. The third-order valence-corrected chi connectivity index (χ3v) is 5.23. The standard InChI is InChI=1S/C16H19N5OS/c1-20-10-12(8-19-20)16-11(5-15(22)21(16)2)7-18-9-14-4-3-13(6-17)23-14/h3-4,8,10-11,16,18H,5,7,9H2,1-2H3/t11-,16+/m0/s1. The van der Waals surface area contributed by atoms with Gasteiger partial charge in [-0.1, -0.05) is 0 Å². The van der Waals surface area contributed by atoms with Crippen molar-refractivity contribution < 1.29 is 4.79 Å². The summed E-state index contributed by atoms with van der Waals surface area (Å²) in [5.41, 5.74) is 1.08. The molecular formula is C16H19N5OS. The van der Waals surface area contributed by atoms with Crippen LogP contribution in [0.2, 0.25) is 0 Å². The lowest BCUT2D eigenvalue weighted by Crippen LogP contribution is -2.28. The van der Waals surface area contributed by atoms with Gasteiger partial charge in [-0.15, -0.1) is 11.3 Å². The van der Waals surface area contributed by atoms with E-state index in [2.05, 4.69) is 16.5 Å². The maximum Gasteiger partial charge on any atom is 0.223 e.